The van der Waals surface area contributed by atoms with Crippen molar-refractivity contribution in [1.29, 1.82) is 0 Å². The SMILES string of the molecule is NC1=NN=C(N)C12C(C(=O)c1ccccc1)C(c1ccccc1)NC(c1ccccc1)C2C(=O)c1ccccc1. The van der Waals surface area contributed by atoms with E-state index in [0.717, 1.165) is 11.1 Å². The summed E-state index contributed by atoms with van der Waals surface area (Å²) in [6.07, 6.45) is 0. The normalized spacial score (nSPS) is 23.3. The largest absolute Gasteiger partial charge is 0.385 e. The van der Waals surface area contributed by atoms with Crippen molar-refractivity contribution in [3.8, 4) is 0 Å². The second kappa shape index (κ2) is 10.4. The second-order valence-corrected chi connectivity index (χ2v) is 10.2. The molecule has 40 heavy (non-hydrogen) atoms. The van der Waals surface area contributed by atoms with Crippen molar-refractivity contribution in [2.75, 3.05) is 0 Å². The third-order valence-corrected chi connectivity index (χ3v) is 8.12. The maximum absolute atomic E-state index is 14.6. The first-order valence-electron chi connectivity index (χ1n) is 13.3. The Bertz CT molecular complexity index is 1470. The predicted octanol–water partition coefficient (Wildman–Crippen LogP) is 4.70. The summed E-state index contributed by atoms with van der Waals surface area (Å²) in [6, 6.07) is 36.4. The first-order chi connectivity index (χ1) is 19.5. The fraction of sp³-hybridized carbons (Fsp3) is 0.152. The molecule has 0 radical (unpaired) electrons. The number of carbonyl (C=O) groups excluding carboxylic acids is 2. The molecule has 2 aliphatic heterocycles. The van der Waals surface area contributed by atoms with Crippen molar-refractivity contribution in [1.82, 2.24) is 5.32 Å². The van der Waals surface area contributed by atoms with Gasteiger partial charge in [0.05, 0.1) is 11.8 Å². The highest BCUT2D eigenvalue weighted by Gasteiger charge is 2.66. The molecule has 7 heteroatoms. The van der Waals surface area contributed by atoms with Crippen LogP contribution in [0.1, 0.15) is 43.9 Å². The lowest BCUT2D eigenvalue weighted by molar-refractivity contribution is 0.0471. The summed E-state index contributed by atoms with van der Waals surface area (Å²) >= 11 is 0. The van der Waals surface area contributed by atoms with Crippen LogP contribution in [0.15, 0.2) is 132 Å². The van der Waals surface area contributed by atoms with Gasteiger partial charge < -0.3 is 16.8 Å². The van der Waals surface area contributed by atoms with Gasteiger partial charge in [-0.3, -0.25) is 9.59 Å². The number of amidine groups is 2. The molecule has 6 rings (SSSR count). The van der Waals surface area contributed by atoms with Gasteiger partial charge in [0, 0.05) is 23.2 Å². The minimum Gasteiger partial charge on any atom is -0.385 e. The molecule has 2 heterocycles. The van der Waals surface area contributed by atoms with Gasteiger partial charge in [-0.05, 0) is 11.1 Å². The molecule has 4 aromatic carbocycles. The number of nitrogens with two attached hydrogens (primary N) is 2. The van der Waals surface area contributed by atoms with Crippen LogP contribution in [0.3, 0.4) is 0 Å². The first-order valence-corrected chi connectivity index (χ1v) is 13.3. The average Bonchev–Trinajstić information content (AvgIpc) is 3.30. The highest BCUT2D eigenvalue weighted by molar-refractivity contribution is 6.20. The van der Waals surface area contributed by atoms with E-state index in [1.54, 1.807) is 24.3 Å². The molecule has 1 fully saturated rings. The number of ketones is 2. The van der Waals surface area contributed by atoms with Gasteiger partial charge in [-0.25, -0.2) is 0 Å². The van der Waals surface area contributed by atoms with Crippen LogP contribution in [0.5, 0.6) is 0 Å². The van der Waals surface area contributed by atoms with Crippen LogP contribution in [-0.4, -0.2) is 23.2 Å². The quantitative estimate of drug-likeness (QED) is 0.314. The Balaban J connectivity index is 1.65. The summed E-state index contributed by atoms with van der Waals surface area (Å²) in [5, 5.41) is 12.2. The molecule has 0 saturated carbocycles. The molecule has 0 aromatic heterocycles. The Morgan fingerprint density at radius 2 is 0.875 bits per heavy atom. The Hall–Kier alpha value is -4.88. The third-order valence-electron chi connectivity index (χ3n) is 8.12. The zero-order valence-corrected chi connectivity index (χ0v) is 21.7. The van der Waals surface area contributed by atoms with E-state index < -0.39 is 29.3 Å². The standard InChI is InChI=1S/C33H29N5O2/c34-31-33(32(35)38-37-31)25(29(39)23-17-9-3-10-18-23)27(21-13-5-1-6-14-21)36-28(22-15-7-2-8-16-22)26(33)30(40)24-19-11-4-12-20-24/h1-20,25-28,36H,(H2,34,37)(H2,35,38). The molecule has 0 aliphatic carbocycles. The van der Waals surface area contributed by atoms with Crippen LogP contribution in [0, 0.1) is 17.3 Å². The topological polar surface area (TPSA) is 123 Å². The van der Waals surface area contributed by atoms with E-state index >= 15 is 0 Å². The maximum Gasteiger partial charge on any atom is 0.169 e. The molecule has 198 valence electrons. The van der Waals surface area contributed by atoms with Crippen molar-refractivity contribution in [3.05, 3.63) is 144 Å². The van der Waals surface area contributed by atoms with E-state index in [0.29, 0.717) is 11.1 Å². The Morgan fingerprint density at radius 3 is 1.23 bits per heavy atom. The number of hydrogen-bond acceptors (Lipinski definition) is 7. The van der Waals surface area contributed by atoms with Gasteiger partial charge in [0.15, 0.2) is 11.6 Å². The summed E-state index contributed by atoms with van der Waals surface area (Å²) in [7, 11) is 0. The number of nitrogens with one attached hydrogen (secondary N) is 1. The molecule has 7 nitrogen and oxygen atoms in total. The highest BCUT2D eigenvalue weighted by atomic mass is 16.1. The van der Waals surface area contributed by atoms with E-state index in [1.807, 2.05) is 97.1 Å². The van der Waals surface area contributed by atoms with Gasteiger partial charge in [-0.1, -0.05) is 121 Å². The predicted molar refractivity (Wildman–Crippen MR) is 156 cm³/mol. The van der Waals surface area contributed by atoms with Gasteiger partial charge in [0.2, 0.25) is 0 Å². The molecule has 4 aromatic rings. The number of carbonyl (C=O) groups is 2. The van der Waals surface area contributed by atoms with E-state index in [2.05, 4.69) is 15.5 Å². The van der Waals surface area contributed by atoms with E-state index in [9.17, 15) is 9.59 Å². The number of rotatable bonds is 6. The molecule has 5 N–H and O–H groups in total. The first kappa shape index (κ1) is 25.4. The van der Waals surface area contributed by atoms with Gasteiger partial charge >= 0.3 is 0 Å². The minimum atomic E-state index is -1.48. The smallest absolute Gasteiger partial charge is 0.169 e. The second-order valence-electron chi connectivity index (χ2n) is 10.2. The summed E-state index contributed by atoms with van der Waals surface area (Å²) in [5.41, 5.74) is 14.7. The molecule has 4 atom stereocenters. The molecule has 0 amide bonds. The molecule has 1 saturated heterocycles. The molecule has 4 unspecified atom stereocenters. The number of nitrogens with zero attached hydrogens (tertiary/aromatic N) is 2. The molecule has 0 bridgehead atoms. The van der Waals surface area contributed by atoms with Crippen LogP contribution >= 0.6 is 0 Å². The van der Waals surface area contributed by atoms with Crippen molar-refractivity contribution >= 4 is 23.2 Å². The molecule has 1 spiro atoms. The highest BCUT2D eigenvalue weighted by Crippen LogP contribution is 2.56. The number of Topliss-reactive ketones (excluding diaryl/α,β-unsaturated/α-hetero) is 2. The molecule has 2 aliphatic rings. The lowest BCUT2D eigenvalue weighted by Gasteiger charge is -2.53. The molecular formula is C33H29N5O2. The maximum atomic E-state index is 14.6. The van der Waals surface area contributed by atoms with E-state index in [-0.39, 0.29) is 23.2 Å². The van der Waals surface area contributed by atoms with Crippen molar-refractivity contribution in [2.24, 2.45) is 38.9 Å². The van der Waals surface area contributed by atoms with E-state index in [4.69, 9.17) is 11.5 Å². The Kier molecular flexibility index (Phi) is 6.58. The Labute approximate surface area is 232 Å². The number of piperidine rings is 1. The average molecular weight is 528 g/mol. The third kappa shape index (κ3) is 4.03. The van der Waals surface area contributed by atoms with Gasteiger partial charge in [-0.15, -0.1) is 10.2 Å². The zero-order valence-electron chi connectivity index (χ0n) is 21.7. The van der Waals surface area contributed by atoms with Crippen molar-refractivity contribution < 1.29 is 9.59 Å². The van der Waals surface area contributed by atoms with E-state index in [1.165, 1.54) is 0 Å². The van der Waals surface area contributed by atoms with Crippen molar-refractivity contribution in [3.63, 3.8) is 0 Å². The minimum absolute atomic E-state index is 0.0666. The van der Waals surface area contributed by atoms with Crippen LogP contribution in [-0.2, 0) is 0 Å². The fourth-order valence-corrected chi connectivity index (χ4v) is 6.33. The summed E-state index contributed by atoms with van der Waals surface area (Å²) in [6.45, 7) is 0. The summed E-state index contributed by atoms with van der Waals surface area (Å²) in [5.74, 6) is -2.08. The van der Waals surface area contributed by atoms with Gasteiger partial charge in [0.25, 0.3) is 0 Å². The van der Waals surface area contributed by atoms with Crippen molar-refractivity contribution in [2.45, 2.75) is 12.1 Å². The lowest BCUT2D eigenvalue weighted by Crippen LogP contribution is -2.67. The lowest BCUT2D eigenvalue weighted by atomic mass is 9.53. The van der Waals surface area contributed by atoms with Gasteiger partial charge in [0.1, 0.15) is 17.1 Å². The monoisotopic (exact) mass is 527 g/mol. The molecular weight excluding hydrogens is 498 g/mol. The Morgan fingerprint density at radius 1 is 0.550 bits per heavy atom. The number of benzene rings is 4. The zero-order chi connectivity index (χ0) is 27.7. The summed E-state index contributed by atoms with van der Waals surface area (Å²) < 4.78 is 0. The van der Waals surface area contributed by atoms with Crippen LogP contribution in [0.25, 0.3) is 0 Å². The van der Waals surface area contributed by atoms with Gasteiger partial charge in [-0.2, -0.15) is 0 Å². The number of hydrogen-bond donors (Lipinski definition) is 3. The van der Waals surface area contributed by atoms with Crippen LogP contribution < -0.4 is 16.8 Å². The summed E-state index contributed by atoms with van der Waals surface area (Å²) in [4.78, 5) is 29.2. The van der Waals surface area contributed by atoms with Crippen LogP contribution in [0.4, 0.5) is 0 Å². The van der Waals surface area contributed by atoms with Crippen LogP contribution in [0.2, 0.25) is 0 Å². The fourth-order valence-electron chi connectivity index (χ4n) is 6.33.